The first kappa shape index (κ1) is 10.4. The second kappa shape index (κ2) is 2.78. The highest BCUT2D eigenvalue weighted by Crippen LogP contribution is 2.22. The molecule has 0 fully saturated rings. The topological polar surface area (TPSA) is 50.9 Å². The molecule has 0 aliphatic heterocycles. The predicted octanol–water partition coefficient (Wildman–Crippen LogP) is 1.21. The number of aliphatic hydroxyl groups is 1. The molecule has 4 nitrogen and oxygen atoms in total. The molecule has 0 atom stereocenters. The summed E-state index contributed by atoms with van der Waals surface area (Å²) in [5.41, 5.74) is -2.54. The number of hydrogen-bond acceptors (Lipinski definition) is 3. The fraction of sp³-hybridized carbons (Fsp3) is 0.857. The molecule has 11 heavy (non-hydrogen) atoms. The molecule has 1 N–H and O–H groups in total. The molecule has 0 aromatic rings. The summed E-state index contributed by atoms with van der Waals surface area (Å²) < 4.78 is 0. The molecule has 0 aliphatic rings. The van der Waals surface area contributed by atoms with Gasteiger partial charge < -0.3 is 10.3 Å². The maximum Gasteiger partial charge on any atom is 0.322 e. The van der Waals surface area contributed by atoms with E-state index in [-0.39, 0.29) is 0 Å². The number of hydroxylamine groups is 2. The van der Waals surface area contributed by atoms with E-state index in [1.165, 1.54) is 27.7 Å². The van der Waals surface area contributed by atoms with Crippen LogP contribution in [0.5, 0.6) is 0 Å². The van der Waals surface area contributed by atoms with Gasteiger partial charge in [-0.25, -0.2) is 0 Å². The predicted molar refractivity (Wildman–Crippen MR) is 43.9 cm³/mol. The Kier molecular flexibility index (Phi) is 2.62. The minimum atomic E-state index is -1.45. The van der Waals surface area contributed by atoms with Crippen molar-refractivity contribution in [1.82, 2.24) is 5.06 Å². The van der Waals surface area contributed by atoms with Gasteiger partial charge in [-0.15, -0.1) is 0 Å². The SMILES string of the molecule is C#[N+]C(C)(C)N([O-])C(C)(C)O. The lowest BCUT2D eigenvalue weighted by molar-refractivity contribution is -0.0832. The summed E-state index contributed by atoms with van der Waals surface area (Å²) in [5.74, 6) is 0. The van der Waals surface area contributed by atoms with E-state index in [4.69, 9.17) is 6.57 Å². The summed E-state index contributed by atoms with van der Waals surface area (Å²) in [4.78, 5) is 3.34. The lowest BCUT2D eigenvalue weighted by atomic mass is 10.2. The minimum absolute atomic E-state index is 0.444. The third-order valence-corrected chi connectivity index (χ3v) is 1.31. The summed E-state index contributed by atoms with van der Waals surface area (Å²) in [6, 6.07) is 0. The van der Waals surface area contributed by atoms with Gasteiger partial charge in [-0.1, -0.05) is 4.85 Å². The highest BCUT2D eigenvalue weighted by molar-refractivity contribution is 4.96. The van der Waals surface area contributed by atoms with Crippen molar-refractivity contribution >= 4 is 0 Å². The second-order valence-corrected chi connectivity index (χ2v) is 3.41. The van der Waals surface area contributed by atoms with Crippen molar-refractivity contribution in [3.05, 3.63) is 10.1 Å². The Labute approximate surface area is 66.8 Å². The van der Waals surface area contributed by atoms with Gasteiger partial charge in [0, 0.05) is 13.8 Å². The molecule has 0 heterocycles. The largest absolute Gasteiger partial charge is 0.778 e. The number of rotatable bonds is 2. The molecule has 0 bridgehead atoms. The fourth-order valence-corrected chi connectivity index (χ4v) is 0.722. The maximum atomic E-state index is 11.2. The van der Waals surface area contributed by atoms with Gasteiger partial charge in [0.25, 0.3) is 6.57 Å². The van der Waals surface area contributed by atoms with E-state index in [1.54, 1.807) is 0 Å². The van der Waals surface area contributed by atoms with Crippen LogP contribution >= 0.6 is 0 Å². The normalized spacial score (nSPS) is 13.3. The van der Waals surface area contributed by atoms with Crippen LogP contribution in [0.2, 0.25) is 0 Å². The van der Waals surface area contributed by atoms with Gasteiger partial charge in [-0.2, -0.15) is 0 Å². The summed E-state index contributed by atoms with van der Waals surface area (Å²) in [7, 11) is 0. The van der Waals surface area contributed by atoms with E-state index in [0.717, 1.165) is 0 Å². The lowest BCUT2D eigenvalue weighted by Gasteiger charge is -2.41. The third kappa shape index (κ3) is 2.46. The minimum Gasteiger partial charge on any atom is -0.778 e. The second-order valence-electron chi connectivity index (χ2n) is 3.41. The first-order valence-corrected chi connectivity index (χ1v) is 3.34. The third-order valence-electron chi connectivity index (χ3n) is 1.31. The van der Waals surface area contributed by atoms with Gasteiger partial charge in [0.05, 0.1) is 0 Å². The zero-order valence-corrected chi connectivity index (χ0v) is 7.33. The Morgan fingerprint density at radius 3 is 1.82 bits per heavy atom. The van der Waals surface area contributed by atoms with Crippen LogP contribution in [0, 0.1) is 11.8 Å². The van der Waals surface area contributed by atoms with E-state index in [0.29, 0.717) is 5.06 Å². The molecule has 64 valence electrons. The van der Waals surface area contributed by atoms with Crippen LogP contribution in [0.15, 0.2) is 0 Å². The number of hydrogen-bond donors (Lipinski definition) is 1. The Hall–Kier alpha value is -0.630. The summed E-state index contributed by atoms with van der Waals surface area (Å²) in [6.45, 7) is 10.8. The molecule has 0 aromatic heterocycles. The quantitative estimate of drug-likeness (QED) is 0.485. The molecule has 0 aromatic carbocycles. The van der Waals surface area contributed by atoms with Crippen molar-refractivity contribution in [2.45, 2.75) is 39.1 Å². The average molecular weight is 158 g/mol. The molecule has 0 spiro atoms. The van der Waals surface area contributed by atoms with Crippen LogP contribution in [0.4, 0.5) is 0 Å². The van der Waals surface area contributed by atoms with Crippen LogP contribution in [-0.2, 0) is 0 Å². The van der Waals surface area contributed by atoms with Gasteiger partial charge in [0.2, 0.25) is 0 Å². The van der Waals surface area contributed by atoms with Gasteiger partial charge in [-0.3, -0.25) is 5.06 Å². The smallest absolute Gasteiger partial charge is 0.322 e. The standard InChI is InChI=1S/C7H14N2O2/c1-6(2,8-5)9(11)7(3,4)10/h5,10H,1-4H3. The van der Waals surface area contributed by atoms with Gasteiger partial charge >= 0.3 is 5.66 Å². The highest BCUT2D eigenvalue weighted by Gasteiger charge is 2.36. The van der Waals surface area contributed by atoms with E-state index in [1.807, 2.05) is 0 Å². The molecule has 4 heteroatoms. The monoisotopic (exact) mass is 158 g/mol. The highest BCUT2D eigenvalue weighted by atomic mass is 16.5. The Balaban J connectivity index is 4.52. The molecule has 0 saturated carbocycles. The van der Waals surface area contributed by atoms with Crippen molar-refractivity contribution in [1.29, 1.82) is 0 Å². The van der Waals surface area contributed by atoms with Crippen LogP contribution in [-0.4, -0.2) is 21.6 Å². The first-order valence-electron chi connectivity index (χ1n) is 3.34. The Morgan fingerprint density at radius 1 is 1.36 bits per heavy atom. The molecular weight excluding hydrogens is 144 g/mol. The summed E-state index contributed by atoms with van der Waals surface area (Å²) in [5, 5.41) is 20.9. The van der Waals surface area contributed by atoms with Crippen molar-refractivity contribution in [2.75, 3.05) is 0 Å². The van der Waals surface area contributed by atoms with E-state index >= 15 is 0 Å². The van der Waals surface area contributed by atoms with Crippen molar-refractivity contribution in [3.63, 3.8) is 0 Å². The summed E-state index contributed by atoms with van der Waals surface area (Å²) in [6.07, 6.45) is 0. The average Bonchev–Trinajstić information content (AvgIpc) is 1.84. The van der Waals surface area contributed by atoms with Crippen LogP contribution in [0.1, 0.15) is 27.7 Å². The molecular formula is C7H14N2O2. The van der Waals surface area contributed by atoms with Gasteiger partial charge in [0.15, 0.2) is 0 Å². The molecule has 0 radical (unpaired) electrons. The fourth-order valence-electron chi connectivity index (χ4n) is 0.722. The van der Waals surface area contributed by atoms with E-state index in [9.17, 15) is 10.3 Å². The first-order chi connectivity index (χ1) is 4.72. The molecule has 0 saturated heterocycles. The van der Waals surface area contributed by atoms with E-state index in [2.05, 4.69) is 4.85 Å². The van der Waals surface area contributed by atoms with Crippen molar-refractivity contribution in [2.24, 2.45) is 0 Å². The Bertz CT molecular complexity index is 176. The molecule has 0 aliphatic carbocycles. The van der Waals surface area contributed by atoms with Crippen LogP contribution < -0.4 is 0 Å². The molecule has 0 rings (SSSR count). The van der Waals surface area contributed by atoms with Crippen LogP contribution in [0.25, 0.3) is 4.85 Å². The van der Waals surface area contributed by atoms with Crippen molar-refractivity contribution < 1.29 is 5.11 Å². The Morgan fingerprint density at radius 2 is 1.73 bits per heavy atom. The molecule has 0 amide bonds. The maximum absolute atomic E-state index is 11.2. The number of nitrogens with zero attached hydrogens (tertiary/aromatic N) is 2. The van der Waals surface area contributed by atoms with Crippen molar-refractivity contribution in [3.8, 4) is 6.57 Å². The van der Waals surface area contributed by atoms with Gasteiger partial charge in [-0.05, 0) is 13.8 Å². The zero-order valence-electron chi connectivity index (χ0n) is 7.33. The van der Waals surface area contributed by atoms with Crippen LogP contribution in [0.3, 0.4) is 0 Å². The molecule has 0 unspecified atom stereocenters. The van der Waals surface area contributed by atoms with Gasteiger partial charge in [0.1, 0.15) is 5.72 Å². The lowest BCUT2D eigenvalue weighted by Crippen LogP contribution is -2.50. The summed E-state index contributed by atoms with van der Waals surface area (Å²) >= 11 is 0. The van der Waals surface area contributed by atoms with E-state index < -0.39 is 11.4 Å². The zero-order chi connectivity index (χ0) is 9.28.